The van der Waals surface area contributed by atoms with E-state index in [0.717, 1.165) is 22.3 Å². The van der Waals surface area contributed by atoms with Gasteiger partial charge in [-0.25, -0.2) is 9.59 Å². The lowest BCUT2D eigenvalue weighted by atomic mass is 9.98. The zero-order valence-electron chi connectivity index (χ0n) is 15.8. The van der Waals surface area contributed by atoms with Crippen molar-refractivity contribution in [2.45, 2.75) is 44.2 Å². The van der Waals surface area contributed by atoms with Crippen LogP contribution in [0.4, 0.5) is 4.79 Å². The van der Waals surface area contributed by atoms with Crippen LogP contribution < -0.4 is 5.32 Å². The van der Waals surface area contributed by atoms with E-state index < -0.39 is 24.2 Å². The Morgan fingerprint density at radius 3 is 2.14 bits per heavy atom. The first-order valence-electron chi connectivity index (χ1n) is 9.49. The standard InChI is InChI=1S/C22H25NO5/c1-14(24)7-6-12-20(21(25)26)23-22(27)28-13-19-17-10-4-2-8-15(17)16-9-3-5-11-18(16)19/h2-5,8-11,14,19-20,24H,6-7,12-13H2,1H3,(H,23,27)(H,25,26). The van der Waals surface area contributed by atoms with E-state index in [4.69, 9.17) is 4.74 Å². The molecule has 1 amide bonds. The van der Waals surface area contributed by atoms with Crippen molar-refractivity contribution in [3.05, 3.63) is 59.7 Å². The van der Waals surface area contributed by atoms with Gasteiger partial charge < -0.3 is 20.3 Å². The molecule has 28 heavy (non-hydrogen) atoms. The first-order chi connectivity index (χ1) is 13.5. The van der Waals surface area contributed by atoms with Gasteiger partial charge in [0.25, 0.3) is 0 Å². The number of aliphatic hydroxyl groups is 1. The van der Waals surface area contributed by atoms with Crippen LogP contribution in [0.3, 0.4) is 0 Å². The van der Waals surface area contributed by atoms with Crippen LogP contribution in [-0.2, 0) is 9.53 Å². The van der Waals surface area contributed by atoms with Crippen molar-refractivity contribution in [1.82, 2.24) is 5.32 Å². The Labute approximate surface area is 164 Å². The van der Waals surface area contributed by atoms with E-state index in [0.29, 0.717) is 12.8 Å². The summed E-state index contributed by atoms with van der Waals surface area (Å²) in [7, 11) is 0. The molecule has 2 aromatic carbocycles. The van der Waals surface area contributed by atoms with Crippen molar-refractivity contribution in [2.24, 2.45) is 0 Å². The fourth-order valence-electron chi connectivity index (χ4n) is 3.66. The van der Waals surface area contributed by atoms with Crippen LogP contribution in [-0.4, -0.2) is 41.0 Å². The Kier molecular flexibility index (Phi) is 6.31. The second-order valence-corrected chi connectivity index (χ2v) is 7.14. The quantitative estimate of drug-likeness (QED) is 0.648. The number of nitrogens with one attached hydrogen (secondary N) is 1. The number of carboxylic acid groups (broad SMARTS) is 1. The maximum Gasteiger partial charge on any atom is 0.407 e. The Hall–Kier alpha value is -2.86. The average molecular weight is 383 g/mol. The van der Waals surface area contributed by atoms with Gasteiger partial charge in [-0.3, -0.25) is 0 Å². The lowest BCUT2D eigenvalue weighted by molar-refractivity contribution is -0.139. The molecule has 6 heteroatoms. The zero-order valence-corrected chi connectivity index (χ0v) is 15.8. The summed E-state index contributed by atoms with van der Waals surface area (Å²) in [6.07, 6.45) is -0.0194. The number of alkyl carbamates (subject to hydrolysis) is 1. The number of carbonyl (C=O) groups excluding carboxylic acids is 1. The number of carboxylic acids is 1. The van der Waals surface area contributed by atoms with Gasteiger partial charge in [0.1, 0.15) is 12.6 Å². The van der Waals surface area contributed by atoms with Crippen molar-refractivity contribution in [3.8, 4) is 11.1 Å². The SMILES string of the molecule is CC(O)CCCC(NC(=O)OCC1c2ccccc2-c2ccccc21)C(=O)O. The summed E-state index contributed by atoms with van der Waals surface area (Å²) in [6.45, 7) is 1.79. The van der Waals surface area contributed by atoms with Gasteiger partial charge in [-0.2, -0.15) is 0 Å². The Bertz CT molecular complexity index is 803. The molecule has 0 saturated heterocycles. The Balaban J connectivity index is 1.62. The highest BCUT2D eigenvalue weighted by Crippen LogP contribution is 2.44. The van der Waals surface area contributed by atoms with Gasteiger partial charge in [-0.15, -0.1) is 0 Å². The van der Waals surface area contributed by atoms with E-state index in [1.165, 1.54) is 0 Å². The number of hydrogen-bond donors (Lipinski definition) is 3. The number of rotatable bonds is 8. The minimum Gasteiger partial charge on any atom is -0.480 e. The van der Waals surface area contributed by atoms with Crippen LogP contribution in [0.25, 0.3) is 11.1 Å². The first kappa shape index (κ1) is 19.9. The van der Waals surface area contributed by atoms with Gasteiger partial charge in [0, 0.05) is 5.92 Å². The first-order valence-corrected chi connectivity index (χ1v) is 9.49. The number of ether oxygens (including phenoxy) is 1. The summed E-state index contributed by atoms with van der Waals surface area (Å²) in [4.78, 5) is 23.6. The molecule has 1 aliphatic rings. The number of benzene rings is 2. The van der Waals surface area contributed by atoms with Crippen LogP contribution in [0.2, 0.25) is 0 Å². The van der Waals surface area contributed by atoms with E-state index in [-0.39, 0.29) is 18.9 Å². The van der Waals surface area contributed by atoms with Crippen LogP contribution in [0.15, 0.2) is 48.5 Å². The minimum atomic E-state index is -1.11. The van der Waals surface area contributed by atoms with Gasteiger partial charge in [-0.05, 0) is 48.4 Å². The third-order valence-corrected chi connectivity index (χ3v) is 5.05. The summed E-state index contributed by atoms with van der Waals surface area (Å²) in [6, 6.07) is 15.0. The molecular weight excluding hydrogens is 358 g/mol. The van der Waals surface area contributed by atoms with Crippen LogP contribution in [0.1, 0.15) is 43.2 Å². The number of aliphatic carboxylic acids is 1. The number of fused-ring (bicyclic) bond motifs is 3. The van der Waals surface area contributed by atoms with E-state index in [9.17, 15) is 19.8 Å². The van der Waals surface area contributed by atoms with Crippen molar-refractivity contribution in [3.63, 3.8) is 0 Å². The summed E-state index contributed by atoms with van der Waals surface area (Å²) < 4.78 is 5.38. The highest BCUT2D eigenvalue weighted by Gasteiger charge is 2.29. The highest BCUT2D eigenvalue weighted by atomic mass is 16.5. The average Bonchev–Trinajstić information content (AvgIpc) is 2.99. The smallest absolute Gasteiger partial charge is 0.407 e. The predicted molar refractivity (Wildman–Crippen MR) is 105 cm³/mol. The van der Waals surface area contributed by atoms with Gasteiger partial charge in [-0.1, -0.05) is 48.5 Å². The lowest BCUT2D eigenvalue weighted by Gasteiger charge is -2.17. The molecule has 3 N–H and O–H groups in total. The number of aliphatic hydroxyl groups excluding tert-OH is 1. The molecule has 0 radical (unpaired) electrons. The van der Waals surface area contributed by atoms with Crippen molar-refractivity contribution in [2.75, 3.05) is 6.61 Å². The van der Waals surface area contributed by atoms with Crippen molar-refractivity contribution < 1.29 is 24.5 Å². The fourth-order valence-corrected chi connectivity index (χ4v) is 3.66. The summed E-state index contributed by atoms with van der Waals surface area (Å²) >= 11 is 0. The summed E-state index contributed by atoms with van der Waals surface area (Å²) in [5.74, 6) is -1.18. The number of hydrogen-bond acceptors (Lipinski definition) is 4. The molecule has 0 heterocycles. The molecule has 0 fully saturated rings. The third-order valence-electron chi connectivity index (χ3n) is 5.05. The Morgan fingerprint density at radius 1 is 1.04 bits per heavy atom. The summed E-state index contributed by atoms with van der Waals surface area (Å²) in [5.41, 5.74) is 4.47. The minimum absolute atomic E-state index is 0.0725. The van der Waals surface area contributed by atoms with Gasteiger partial charge in [0.05, 0.1) is 6.10 Å². The maximum absolute atomic E-state index is 12.2. The van der Waals surface area contributed by atoms with Crippen LogP contribution in [0, 0.1) is 0 Å². The molecule has 2 unspecified atom stereocenters. The molecule has 1 aliphatic carbocycles. The van der Waals surface area contributed by atoms with Crippen LogP contribution in [0.5, 0.6) is 0 Å². The largest absolute Gasteiger partial charge is 0.480 e. The molecule has 6 nitrogen and oxygen atoms in total. The molecular formula is C22H25NO5. The van der Waals surface area contributed by atoms with E-state index in [1.807, 2.05) is 36.4 Å². The normalized spacial score (nSPS) is 14.6. The molecule has 0 saturated carbocycles. The number of carbonyl (C=O) groups is 2. The highest BCUT2D eigenvalue weighted by molar-refractivity contribution is 5.81. The predicted octanol–water partition coefficient (Wildman–Crippen LogP) is 3.53. The fraction of sp³-hybridized carbons (Fsp3) is 0.364. The molecule has 0 aromatic heterocycles. The van der Waals surface area contributed by atoms with Crippen LogP contribution >= 0.6 is 0 Å². The summed E-state index contributed by atoms with van der Waals surface area (Å²) in [5, 5.41) is 21.0. The third kappa shape index (κ3) is 4.51. The second kappa shape index (κ2) is 8.89. The topological polar surface area (TPSA) is 95.9 Å². The maximum atomic E-state index is 12.2. The van der Waals surface area contributed by atoms with E-state index >= 15 is 0 Å². The lowest BCUT2D eigenvalue weighted by Crippen LogP contribution is -2.41. The van der Waals surface area contributed by atoms with Gasteiger partial charge >= 0.3 is 12.1 Å². The van der Waals surface area contributed by atoms with Crippen molar-refractivity contribution >= 4 is 12.1 Å². The molecule has 148 valence electrons. The van der Waals surface area contributed by atoms with Gasteiger partial charge in [0.2, 0.25) is 0 Å². The molecule has 0 spiro atoms. The molecule has 0 bridgehead atoms. The van der Waals surface area contributed by atoms with Crippen molar-refractivity contribution in [1.29, 1.82) is 0 Å². The Morgan fingerprint density at radius 2 is 1.61 bits per heavy atom. The van der Waals surface area contributed by atoms with E-state index in [1.54, 1.807) is 6.92 Å². The van der Waals surface area contributed by atoms with E-state index in [2.05, 4.69) is 17.4 Å². The zero-order chi connectivity index (χ0) is 20.1. The molecule has 2 aromatic rings. The molecule has 0 aliphatic heterocycles. The van der Waals surface area contributed by atoms with Gasteiger partial charge in [0.15, 0.2) is 0 Å². The second-order valence-electron chi connectivity index (χ2n) is 7.14. The molecule has 3 rings (SSSR count). The monoisotopic (exact) mass is 383 g/mol. The molecule has 2 atom stereocenters. The number of amides is 1.